The Morgan fingerprint density at radius 3 is 2.67 bits per heavy atom. The van der Waals surface area contributed by atoms with E-state index in [1.807, 2.05) is 0 Å². The van der Waals surface area contributed by atoms with Gasteiger partial charge < -0.3 is 14.9 Å². The number of nitrogens with one attached hydrogen (secondary N) is 1. The summed E-state index contributed by atoms with van der Waals surface area (Å²) in [6, 6.07) is 0. The van der Waals surface area contributed by atoms with Crippen LogP contribution >= 0.6 is 0 Å². The average Bonchev–Trinajstić information content (AvgIpc) is 2.51. The van der Waals surface area contributed by atoms with Gasteiger partial charge in [0.25, 0.3) is 0 Å². The predicted octanol–water partition coefficient (Wildman–Crippen LogP) is 0.535. The van der Waals surface area contributed by atoms with E-state index in [9.17, 15) is 0 Å². The second-order valence-electron chi connectivity index (χ2n) is 4.50. The number of nitrogens with zero attached hydrogens (tertiary/aromatic N) is 2. The first kappa shape index (κ1) is 12.1. The molecule has 0 aliphatic heterocycles. The van der Waals surface area contributed by atoms with Crippen molar-refractivity contribution in [3.8, 4) is 0 Å². The molecule has 0 aliphatic carbocycles. The quantitative estimate of drug-likeness (QED) is 0.746. The molecule has 1 rings (SSSR count). The third-order valence-electron chi connectivity index (χ3n) is 1.84. The highest BCUT2D eigenvalue weighted by molar-refractivity contribution is 4.87. The number of hydrogen-bond acceptors (Lipinski definition) is 5. The smallest absolute Gasteiger partial charge is 0.227 e. The van der Waals surface area contributed by atoms with Gasteiger partial charge in [-0.25, -0.2) is 0 Å². The zero-order valence-corrected chi connectivity index (χ0v) is 9.58. The fourth-order valence-electron chi connectivity index (χ4n) is 1.14. The molecule has 0 bridgehead atoms. The SMILES string of the molecule is CC(C)(C)NCCc1nc(CCO)no1. The first-order valence-corrected chi connectivity index (χ1v) is 5.18. The van der Waals surface area contributed by atoms with Crippen molar-refractivity contribution >= 4 is 0 Å². The highest BCUT2D eigenvalue weighted by Crippen LogP contribution is 2.01. The Kier molecular flexibility index (Phi) is 4.23. The molecule has 0 aliphatic rings. The van der Waals surface area contributed by atoms with Gasteiger partial charge >= 0.3 is 0 Å². The standard InChI is InChI=1S/C10H19N3O2/c1-10(2,3)11-6-4-9-12-8(5-7-14)13-15-9/h11,14H,4-7H2,1-3H3. The molecule has 1 aromatic heterocycles. The molecule has 1 aromatic rings. The number of aromatic nitrogens is 2. The van der Waals surface area contributed by atoms with E-state index in [4.69, 9.17) is 9.63 Å². The van der Waals surface area contributed by atoms with Crippen LogP contribution in [0.25, 0.3) is 0 Å². The summed E-state index contributed by atoms with van der Waals surface area (Å²) in [5.74, 6) is 1.19. The van der Waals surface area contributed by atoms with Gasteiger partial charge in [0.1, 0.15) is 0 Å². The first-order valence-electron chi connectivity index (χ1n) is 5.18. The van der Waals surface area contributed by atoms with Gasteiger partial charge in [-0.15, -0.1) is 0 Å². The van der Waals surface area contributed by atoms with Gasteiger partial charge in [0, 0.05) is 24.9 Å². The maximum atomic E-state index is 8.68. The van der Waals surface area contributed by atoms with Crippen LogP contribution in [0.3, 0.4) is 0 Å². The van der Waals surface area contributed by atoms with Crippen LogP contribution in [0, 0.1) is 0 Å². The van der Waals surface area contributed by atoms with E-state index in [2.05, 4.69) is 36.2 Å². The van der Waals surface area contributed by atoms with Crippen molar-refractivity contribution in [2.45, 2.75) is 39.2 Å². The van der Waals surface area contributed by atoms with E-state index >= 15 is 0 Å². The Morgan fingerprint density at radius 1 is 1.33 bits per heavy atom. The van der Waals surface area contributed by atoms with Crippen molar-refractivity contribution in [3.05, 3.63) is 11.7 Å². The van der Waals surface area contributed by atoms with E-state index in [1.165, 1.54) is 0 Å². The van der Waals surface area contributed by atoms with Crippen LogP contribution in [0.5, 0.6) is 0 Å². The Morgan fingerprint density at radius 2 is 2.07 bits per heavy atom. The van der Waals surface area contributed by atoms with Gasteiger partial charge in [-0.1, -0.05) is 5.16 Å². The lowest BCUT2D eigenvalue weighted by atomic mass is 10.1. The van der Waals surface area contributed by atoms with E-state index in [0.29, 0.717) is 18.1 Å². The van der Waals surface area contributed by atoms with Crippen LogP contribution in [0.2, 0.25) is 0 Å². The highest BCUT2D eigenvalue weighted by Gasteiger charge is 2.10. The third kappa shape index (κ3) is 4.90. The Hall–Kier alpha value is -0.940. The molecule has 0 saturated heterocycles. The average molecular weight is 213 g/mol. The van der Waals surface area contributed by atoms with Gasteiger partial charge in [-0.2, -0.15) is 4.98 Å². The molecule has 0 fully saturated rings. The minimum absolute atomic E-state index is 0.0548. The maximum Gasteiger partial charge on any atom is 0.227 e. The summed E-state index contributed by atoms with van der Waals surface area (Å²) in [6.45, 7) is 7.19. The van der Waals surface area contributed by atoms with Crippen molar-refractivity contribution in [1.82, 2.24) is 15.5 Å². The summed E-state index contributed by atoms with van der Waals surface area (Å²) in [5.41, 5.74) is 0.105. The first-order chi connectivity index (χ1) is 7.01. The lowest BCUT2D eigenvalue weighted by molar-refractivity contribution is 0.292. The van der Waals surface area contributed by atoms with Crippen molar-refractivity contribution < 1.29 is 9.63 Å². The molecule has 5 nitrogen and oxygen atoms in total. The summed E-state index contributed by atoms with van der Waals surface area (Å²) in [4.78, 5) is 4.14. The van der Waals surface area contributed by atoms with Crippen molar-refractivity contribution in [3.63, 3.8) is 0 Å². The Balaban J connectivity index is 2.31. The highest BCUT2D eigenvalue weighted by atomic mass is 16.5. The van der Waals surface area contributed by atoms with Crippen molar-refractivity contribution in [1.29, 1.82) is 0 Å². The molecule has 15 heavy (non-hydrogen) atoms. The van der Waals surface area contributed by atoms with Gasteiger partial charge in [-0.3, -0.25) is 0 Å². The van der Waals surface area contributed by atoms with Crippen LogP contribution < -0.4 is 5.32 Å². The third-order valence-corrected chi connectivity index (χ3v) is 1.84. The summed E-state index contributed by atoms with van der Waals surface area (Å²) in [5, 5.41) is 15.8. The molecule has 86 valence electrons. The summed E-state index contributed by atoms with van der Waals surface area (Å²) in [7, 11) is 0. The van der Waals surface area contributed by atoms with Crippen LogP contribution in [0.4, 0.5) is 0 Å². The predicted molar refractivity (Wildman–Crippen MR) is 56.5 cm³/mol. The normalized spacial score (nSPS) is 12.0. The van der Waals surface area contributed by atoms with E-state index < -0.39 is 0 Å². The lowest BCUT2D eigenvalue weighted by Gasteiger charge is -2.19. The minimum atomic E-state index is 0.0548. The molecule has 0 radical (unpaired) electrons. The molecule has 0 spiro atoms. The molecular weight excluding hydrogens is 194 g/mol. The number of hydrogen-bond donors (Lipinski definition) is 2. The van der Waals surface area contributed by atoms with E-state index in [-0.39, 0.29) is 12.1 Å². The molecule has 5 heteroatoms. The minimum Gasteiger partial charge on any atom is -0.396 e. The molecular formula is C10H19N3O2. The molecule has 0 unspecified atom stereocenters. The van der Waals surface area contributed by atoms with Gasteiger partial charge in [0.05, 0.1) is 6.61 Å². The topological polar surface area (TPSA) is 71.2 Å². The molecule has 0 amide bonds. The molecule has 1 heterocycles. The molecule has 0 atom stereocenters. The van der Waals surface area contributed by atoms with Crippen molar-refractivity contribution in [2.24, 2.45) is 0 Å². The monoisotopic (exact) mass is 213 g/mol. The lowest BCUT2D eigenvalue weighted by Crippen LogP contribution is -2.37. The van der Waals surface area contributed by atoms with Crippen molar-refractivity contribution in [2.75, 3.05) is 13.2 Å². The summed E-state index contributed by atoms with van der Waals surface area (Å²) in [6.07, 6.45) is 1.17. The van der Waals surface area contributed by atoms with Crippen LogP contribution in [0.15, 0.2) is 4.52 Å². The van der Waals surface area contributed by atoms with Gasteiger partial charge in [0.15, 0.2) is 5.82 Å². The van der Waals surface area contributed by atoms with Crippen LogP contribution in [0.1, 0.15) is 32.5 Å². The van der Waals surface area contributed by atoms with Crippen LogP contribution in [-0.4, -0.2) is 33.9 Å². The van der Waals surface area contributed by atoms with Gasteiger partial charge in [-0.05, 0) is 20.8 Å². The molecule has 0 saturated carbocycles. The fraction of sp³-hybridized carbons (Fsp3) is 0.800. The molecule has 2 N–H and O–H groups in total. The second kappa shape index (κ2) is 5.23. The number of aliphatic hydroxyl groups excluding tert-OH is 1. The van der Waals surface area contributed by atoms with E-state index in [0.717, 1.165) is 13.0 Å². The summed E-state index contributed by atoms with van der Waals surface area (Å²) >= 11 is 0. The maximum absolute atomic E-state index is 8.68. The Labute approximate surface area is 89.9 Å². The van der Waals surface area contributed by atoms with Crippen LogP contribution in [-0.2, 0) is 12.8 Å². The molecule has 0 aromatic carbocycles. The number of rotatable bonds is 5. The fourth-order valence-corrected chi connectivity index (χ4v) is 1.14. The zero-order chi connectivity index (χ0) is 11.3. The summed E-state index contributed by atoms with van der Waals surface area (Å²) < 4.78 is 5.02. The van der Waals surface area contributed by atoms with Gasteiger partial charge in [0.2, 0.25) is 5.89 Å². The second-order valence-corrected chi connectivity index (χ2v) is 4.50. The largest absolute Gasteiger partial charge is 0.396 e. The van der Waals surface area contributed by atoms with E-state index in [1.54, 1.807) is 0 Å². The Bertz CT molecular complexity index is 291. The zero-order valence-electron chi connectivity index (χ0n) is 9.58. The number of aliphatic hydroxyl groups is 1.